The van der Waals surface area contributed by atoms with Gasteiger partial charge in [-0.1, -0.05) is 138 Å². The molecule has 7 aromatic rings. The number of thiophene rings is 1. The highest BCUT2D eigenvalue weighted by molar-refractivity contribution is 8.03. The second-order valence-electron chi connectivity index (χ2n) is 16.1. The third-order valence-corrected chi connectivity index (χ3v) is 14.7. The van der Waals surface area contributed by atoms with Crippen molar-refractivity contribution in [3.63, 3.8) is 0 Å². The predicted molar refractivity (Wildman–Crippen MR) is 262 cm³/mol. The molecule has 296 valence electrons. The summed E-state index contributed by atoms with van der Waals surface area (Å²) in [7, 11) is 0. The first-order chi connectivity index (χ1) is 28.7. The number of benzene rings is 6. The molecule has 0 radical (unpaired) electrons. The van der Waals surface area contributed by atoms with E-state index < -0.39 is 0 Å². The van der Waals surface area contributed by atoms with Gasteiger partial charge >= 0.3 is 0 Å². The van der Waals surface area contributed by atoms with Crippen molar-refractivity contribution in [1.29, 1.82) is 0 Å². The molecular formula is C56H55NS2. The number of thioether (sulfide) groups is 1. The lowest BCUT2D eigenvalue weighted by Crippen LogP contribution is -2.15. The summed E-state index contributed by atoms with van der Waals surface area (Å²) in [5, 5.41) is 1.35. The number of hydrogen-bond acceptors (Lipinski definition) is 3. The summed E-state index contributed by atoms with van der Waals surface area (Å²) in [6.45, 7) is 21.9. The lowest BCUT2D eigenvalue weighted by Gasteiger charge is -2.29. The fourth-order valence-electron chi connectivity index (χ4n) is 9.09. The van der Waals surface area contributed by atoms with Crippen LogP contribution in [-0.4, -0.2) is 0 Å². The number of anilines is 3. The van der Waals surface area contributed by atoms with Crippen LogP contribution in [-0.2, 0) is 11.8 Å². The molecule has 0 spiro atoms. The molecule has 3 heteroatoms. The van der Waals surface area contributed by atoms with Crippen LogP contribution in [0.1, 0.15) is 87.1 Å². The van der Waals surface area contributed by atoms with Gasteiger partial charge < -0.3 is 4.90 Å². The van der Waals surface area contributed by atoms with Crippen molar-refractivity contribution in [2.24, 2.45) is 0 Å². The Bertz CT molecular complexity index is 2780. The molecular weight excluding hydrogens is 751 g/mol. The average Bonchev–Trinajstić information content (AvgIpc) is 3.74. The zero-order valence-corrected chi connectivity index (χ0v) is 37.5. The van der Waals surface area contributed by atoms with Crippen LogP contribution in [0.25, 0.3) is 49.5 Å². The SMILES string of the molecule is C=Cc1sc2c(-c3ccc(N(c4ccccc4)c4ccc(-c5ccc6c(c5)C(C)(C)c5cc(SC7=C(C)C=CCC7)ccc5-6)cc4C)c(C)c3)cccc2c1CC.CC. The third-order valence-electron chi connectivity index (χ3n) is 12.2. The van der Waals surface area contributed by atoms with Gasteiger partial charge in [0.2, 0.25) is 0 Å². The van der Waals surface area contributed by atoms with E-state index in [2.05, 4.69) is 187 Å². The van der Waals surface area contributed by atoms with Gasteiger partial charge in [-0.25, -0.2) is 0 Å². The first-order valence-corrected chi connectivity index (χ1v) is 22.9. The van der Waals surface area contributed by atoms with E-state index in [1.54, 1.807) is 0 Å². The predicted octanol–water partition coefficient (Wildman–Crippen LogP) is 17.6. The van der Waals surface area contributed by atoms with Gasteiger partial charge in [-0.3, -0.25) is 0 Å². The van der Waals surface area contributed by atoms with Crippen LogP contribution in [0.4, 0.5) is 17.1 Å². The molecule has 9 rings (SSSR count). The molecule has 6 aromatic carbocycles. The number of para-hydroxylation sites is 1. The molecule has 0 N–H and O–H groups in total. The normalized spacial score (nSPS) is 13.8. The number of allylic oxidation sites excluding steroid dienone is 4. The molecule has 0 unspecified atom stereocenters. The van der Waals surface area contributed by atoms with E-state index >= 15 is 0 Å². The second-order valence-corrected chi connectivity index (χ2v) is 18.3. The van der Waals surface area contributed by atoms with E-state index in [0.29, 0.717) is 0 Å². The minimum Gasteiger partial charge on any atom is -0.310 e. The molecule has 0 bridgehead atoms. The molecule has 0 aliphatic heterocycles. The Kier molecular flexibility index (Phi) is 11.5. The number of hydrogen-bond donors (Lipinski definition) is 0. The van der Waals surface area contributed by atoms with E-state index in [1.165, 1.54) is 103 Å². The van der Waals surface area contributed by atoms with Gasteiger partial charge in [0.05, 0.1) is 0 Å². The van der Waals surface area contributed by atoms with Crippen LogP contribution in [0.15, 0.2) is 155 Å². The smallest absolute Gasteiger partial charge is 0.0491 e. The molecule has 1 heterocycles. The van der Waals surface area contributed by atoms with Crippen molar-refractivity contribution in [3.05, 3.63) is 183 Å². The van der Waals surface area contributed by atoms with Crippen LogP contribution in [0, 0.1) is 13.8 Å². The molecule has 0 saturated carbocycles. The Morgan fingerprint density at radius 2 is 1.36 bits per heavy atom. The zero-order chi connectivity index (χ0) is 41.4. The largest absolute Gasteiger partial charge is 0.310 e. The molecule has 1 nitrogen and oxygen atoms in total. The summed E-state index contributed by atoms with van der Waals surface area (Å²) >= 11 is 3.80. The third kappa shape index (κ3) is 7.34. The highest BCUT2D eigenvalue weighted by Gasteiger charge is 2.36. The van der Waals surface area contributed by atoms with E-state index in [9.17, 15) is 0 Å². The molecule has 0 fully saturated rings. The summed E-state index contributed by atoms with van der Waals surface area (Å²) in [6, 6.07) is 45.7. The first kappa shape index (κ1) is 40.4. The van der Waals surface area contributed by atoms with Gasteiger partial charge in [0.1, 0.15) is 0 Å². The summed E-state index contributed by atoms with van der Waals surface area (Å²) < 4.78 is 1.34. The minimum atomic E-state index is -0.0861. The van der Waals surface area contributed by atoms with Crippen molar-refractivity contribution in [2.75, 3.05) is 4.90 Å². The Balaban J connectivity index is 0.00000238. The van der Waals surface area contributed by atoms with Crippen LogP contribution in [0.3, 0.4) is 0 Å². The van der Waals surface area contributed by atoms with Gasteiger partial charge in [-0.15, -0.1) is 11.3 Å². The molecule has 0 amide bonds. The molecule has 2 aliphatic rings. The van der Waals surface area contributed by atoms with E-state index in [1.807, 2.05) is 43.0 Å². The Labute approximate surface area is 360 Å². The topological polar surface area (TPSA) is 3.24 Å². The monoisotopic (exact) mass is 805 g/mol. The molecule has 0 atom stereocenters. The highest BCUT2D eigenvalue weighted by atomic mass is 32.2. The summed E-state index contributed by atoms with van der Waals surface area (Å²) in [4.78, 5) is 6.53. The van der Waals surface area contributed by atoms with Gasteiger partial charge in [-0.2, -0.15) is 0 Å². The maximum absolute atomic E-state index is 4.12. The lowest BCUT2D eigenvalue weighted by molar-refractivity contribution is 0.659. The van der Waals surface area contributed by atoms with E-state index in [4.69, 9.17) is 0 Å². The molecule has 59 heavy (non-hydrogen) atoms. The van der Waals surface area contributed by atoms with Crippen molar-refractivity contribution < 1.29 is 0 Å². The molecule has 0 saturated heterocycles. The summed E-state index contributed by atoms with van der Waals surface area (Å²) in [5.74, 6) is 0. The Morgan fingerprint density at radius 3 is 2.03 bits per heavy atom. The number of fused-ring (bicyclic) bond motifs is 4. The number of nitrogens with zero attached hydrogens (tertiary/aromatic N) is 1. The van der Waals surface area contributed by atoms with Crippen LogP contribution < -0.4 is 4.90 Å². The van der Waals surface area contributed by atoms with Crippen molar-refractivity contribution in [2.45, 2.75) is 85.0 Å². The van der Waals surface area contributed by atoms with Crippen molar-refractivity contribution in [1.82, 2.24) is 0 Å². The maximum Gasteiger partial charge on any atom is 0.0491 e. The molecule has 1 aromatic heterocycles. The highest BCUT2D eigenvalue weighted by Crippen LogP contribution is 2.52. The van der Waals surface area contributed by atoms with E-state index in [0.717, 1.165) is 24.9 Å². The summed E-state index contributed by atoms with van der Waals surface area (Å²) in [6.07, 6.45) is 9.85. The van der Waals surface area contributed by atoms with E-state index in [-0.39, 0.29) is 5.41 Å². The van der Waals surface area contributed by atoms with Gasteiger partial charge in [0.15, 0.2) is 0 Å². The zero-order valence-electron chi connectivity index (χ0n) is 35.9. The second kappa shape index (κ2) is 16.7. The minimum absolute atomic E-state index is 0.0861. The van der Waals surface area contributed by atoms with Gasteiger partial charge in [-0.05, 0) is 172 Å². The summed E-state index contributed by atoms with van der Waals surface area (Å²) in [5.41, 5.74) is 19.3. The van der Waals surface area contributed by atoms with Crippen molar-refractivity contribution >= 4 is 56.3 Å². The van der Waals surface area contributed by atoms with Crippen LogP contribution in [0.5, 0.6) is 0 Å². The fraction of sp³-hybridized carbons (Fsp3) is 0.214. The van der Waals surface area contributed by atoms with Crippen LogP contribution >= 0.6 is 23.1 Å². The maximum atomic E-state index is 4.12. The first-order valence-electron chi connectivity index (χ1n) is 21.2. The van der Waals surface area contributed by atoms with Gasteiger partial charge in [0.25, 0.3) is 0 Å². The fourth-order valence-corrected chi connectivity index (χ4v) is 11.4. The number of aryl methyl sites for hydroxylation is 3. The van der Waals surface area contributed by atoms with Gasteiger partial charge in [0, 0.05) is 36.9 Å². The Morgan fingerprint density at radius 1 is 0.712 bits per heavy atom. The van der Waals surface area contributed by atoms with Crippen LogP contribution in [0.2, 0.25) is 0 Å². The molecule has 2 aliphatic carbocycles. The average molecular weight is 806 g/mol. The number of rotatable bonds is 9. The lowest BCUT2D eigenvalue weighted by atomic mass is 9.81. The van der Waals surface area contributed by atoms with Crippen molar-refractivity contribution in [3.8, 4) is 33.4 Å². The Hall–Kier alpha value is -5.35. The quantitative estimate of drug-likeness (QED) is 0.143. The standard InChI is InChI=1S/C54H49NS2.C2H6/c1-8-42-46-20-15-19-43(53(46)57-51(42)9-2)39-24-29-50(36(5)31-39)55(40-17-11-10-12-18-40)49-28-23-37(30-35(49)4)38-22-26-44-45-27-25-41(56-52-21-14-13-16-34(52)3)33-48(45)54(6,7)47(44)32-38;1-2/h9-13,15-20,22-33H,2,8,14,21H2,1,3-7H3;1-2H3.